The normalized spacial score (nSPS) is 13.4. The van der Waals surface area contributed by atoms with Crippen molar-refractivity contribution in [3.05, 3.63) is 108 Å². The number of carboxylic acid groups (broad SMARTS) is 1. The first-order chi connectivity index (χ1) is 20.5. The van der Waals surface area contributed by atoms with Gasteiger partial charge in [-0.05, 0) is 97.5 Å². The van der Waals surface area contributed by atoms with Gasteiger partial charge in [0, 0.05) is 0 Å². The molecule has 0 aromatic heterocycles. The number of carbonyl (C=O) groups is 2. The summed E-state index contributed by atoms with van der Waals surface area (Å²) in [7, 11) is 1.33. The van der Waals surface area contributed by atoms with Crippen LogP contribution in [0.15, 0.2) is 97.1 Å². The lowest BCUT2D eigenvalue weighted by Gasteiger charge is -2.13. The molecule has 0 unspecified atom stereocenters. The van der Waals surface area contributed by atoms with Gasteiger partial charge in [-0.25, -0.2) is 9.59 Å². The molecule has 8 heteroatoms. The summed E-state index contributed by atoms with van der Waals surface area (Å²) in [5.74, 6) is -0.286. The smallest absolute Gasteiger partial charge is 0.346 e. The standard InChI is InChI=1S/C18H20O4.C17H18O4/c1-12(19)15-5-4-6-16(11-15)14-7-9-17(10-8-14)22-13(2)18(20)21-3;1-11(18)14-4-3-5-15(10-14)13-6-8-16(9-7-13)21-12(2)17(19)20/h4-13,19H,1-3H3;3-12,18H,1-2H3,(H,19,20)/t12-,13+;11-,12+/m11/s1. The van der Waals surface area contributed by atoms with Crippen molar-refractivity contribution in [2.75, 3.05) is 7.11 Å². The van der Waals surface area contributed by atoms with E-state index >= 15 is 0 Å². The zero-order chi connectivity index (χ0) is 31.5. The van der Waals surface area contributed by atoms with Gasteiger partial charge in [0.2, 0.25) is 0 Å². The summed E-state index contributed by atoms with van der Waals surface area (Å²) < 4.78 is 15.4. The van der Waals surface area contributed by atoms with Crippen molar-refractivity contribution >= 4 is 11.9 Å². The number of esters is 1. The van der Waals surface area contributed by atoms with Gasteiger partial charge in [-0.15, -0.1) is 0 Å². The number of hydrogen-bond donors (Lipinski definition) is 3. The van der Waals surface area contributed by atoms with Crippen LogP contribution < -0.4 is 9.47 Å². The third-order valence-electron chi connectivity index (χ3n) is 6.62. The number of aliphatic hydroxyl groups excluding tert-OH is 2. The van der Waals surface area contributed by atoms with Gasteiger partial charge in [0.1, 0.15) is 11.5 Å². The first-order valence-electron chi connectivity index (χ1n) is 13.9. The van der Waals surface area contributed by atoms with E-state index in [0.29, 0.717) is 11.5 Å². The second-order valence-corrected chi connectivity index (χ2v) is 10.0. The Morgan fingerprint density at radius 1 is 0.581 bits per heavy atom. The third kappa shape index (κ3) is 9.70. The first kappa shape index (κ1) is 32.8. The molecular weight excluding hydrogens is 548 g/mol. The highest BCUT2D eigenvalue weighted by atomic mass is 16.6. The van der Waals surface area contributed by atoms with Crippen LogP contribution in [0.5, 0.6) is 11.5 Å². The van der Waals surface area contributed by atoms with Crippen molar-refractivity contribution in [3.63, 3.8) is 0 Å². The molecule has 4 rings (SSSR count). The van der Waals surface area contributed by atoms with Gasteiger partial charge in [0.05, 0.1) is 19.3 Å². The molecule has 3 N–H and O–H groups in total. The zero-order valence-corrected chi connectivity index (χ0v) is 24.9. The summed E-state index contributed by atoms with van der Waals surface area (Å²) in [6.45, 7) is 6.60. The maximum Gasteiger partial charge on any atom is 0.346 e. The number of ether oxygens (including phenoxy) is 3. The van der Waals surface area contributed by atoms with Crippen molar-refractivity contribution in [1.82, 2.24) is 0 Å². The maximum atomic E-state index is 11.3. The quantitative estimate of drug-likeness (QED) is 0.178. The van der Waals surface area contributed by atoms with Crippen LogP contribution in [0.2, 0.25) is 0 Å². The molecule has 0 bridgehead atoms. The lowest BCUT2D eigenvalue weighted by molar-refractivity contribution is -0.148. The molecule has 4 aromatic rings. The van der Waals surface area contributed by atoms with Gasteiger partial charge < -0.3 is 29.5 Å². The fourth-order valence-corrected chi connectivity index (χ4v) is 4.08. The average Bonchev–Trinajstić information content (AvgIpc) is 3.01. The van der Waals surface area contributed by atoms with Crippen LogP contribution in [-0.2, 0) is 14.3 Å². The highest BCUT2D eigenvalue weighted by molar-refractivity contribution is 5.74. The number of rotatable bonds is 10. The Morgan fingerprint density at radius 2 is 0.977 bits per heavy atom. The summed E-state index contributed by atoms with van der Waals surface area (Å²) in [6, 6.07) is 30.1. The molecule has 0 fully saturated rings. The topological polar surface area (TPSA) is 123 Å². The van der Waals surface area contributed by atoms with Gasteiger partial charge in [-0.2, -0.15) is 0 Å². The molecule has 0 aliphatic rings. The molecule has 4 atom stereocenters. The molecule has 226 valence electrons. The molecular formula is C35H38O8. The van der Waals surface area contributed by atoms with E-state index in [1.54, 1.807) is 32.9 Å². The number of methoxy groups -OCH3 is 1. The Kier molecular flexibility index (Phi) is 11.9. The second-order valence-electron chi connectivity index (χ2n) is 10.0. The Balaban J connectivity index is 0.000000236. The van der Waals surface area contributed by atoms with E-state index in [0.717, 1.165) is 33.4 Å². The SMILES string of the molecule is COC(=O)[C@H](C)Oc1ccc(-c2cccc([C@@H](C)O)c2)cc1.C[C@H](Oc1ccc(-c2cccc([C@@H](C)O)c2)cc1)C(=O)O. The van der Waals surface area contributed by atoms with Gasteiger partial charge >= 0.3 is 11.9 Å². The van der Waals surface area contributed by atoms with E-state index in [4.69, 9.17) is 14.6 Å². The number of benzene rings is 4. The van der Waals surface area contributed by atoms with Gasteiger partial charge in [-0.3, -0.25) is 0 Å². The summed E-state index contributed by atoms with van der Waals surface area (Å²) >= 11 is 0. The van der Waals surface area contributed by atoms with Crippen molar-refractivity contribution in [3.8, 4) is 33.8 Å². The van der Waals surface area contributed by atoms with Gasteiger partial charge in [0.15, 0.2) is 12.2 Å². The third-order valence-corrected chi connectivity index (χ3v) is 6.62. The minimum atomic E-state index is -0.997. The second kappa shape index (κ2) is 15.5. The molecule has 0 radical (unpaired) electrons. The summed E-state index contributed by atoms with van der Waals surface area (Å²) in [5, 5.41) is 28.1. The van der Waals surface area contributed by atoms with Gasteiger partial charge in [0.25, 0.3) is 0 Å². The predicted molar refractivity (Wildman–Crippen MR) is 165 cm³/mol. The summed E-state index contributed by atoms with van der Waals surface area (Å²) in [6.07, 6.45) is -2.53. The average molecular weight is 587 g/mol. The highest BCUT2D eigenvalue weighted by Crippen LogP contribution is 2.27. The van der Waals surface area contributed by atoms with E-state index in [9.17, 15) is 19.8 Å². The number of aliphatic carboxylic acids is 1. The first-order valence-corrected chi connectivity index (χ1v) is 13.9. The van der Waals surface area contributed by atoms with Crippen LogP contribution in [0.25, 0.3) is 22.3 Å². The molecule has 0 aliphatic heterocycles. The van der Waals surface area contributed by atoms with Crippen LogP contribution in [0.3, 0.4) is 0 Å². The van der Waals surface area contributed by atoms with Crippen LogP contribution in [-0.4, -0.2) is 46.6 Å². The molecule has 0 heterocycles. The van der Waals surface area contributed by atoms with Crippen LogP contribution in [0.4, 0.5) is 0 Å². The number of hydrogen-bond acceptors (Lipinski definition) is 7. The van der Waals surface area contributed by atoms with E-state index in [1.807, 2.05) is 84.9 Å². The number of carboxylic acids is 1. The Labute approximate surface area is 252 Å². The molecule has 0 saturated heterocycles. The Hall–Kier alpha value is -4.66. The molecule has 4 aromatic carbocycles. The van der Waals surface area contributed by atoms with Crippen molar-refractivity contribution in [2.45, 2.75) is 52.1 Å². The van der Waals surface area contributed by atoms with Crippen LogP contribution in [0, 0.1) is 0 Å². The van der Waals surface area contributed by atoms with E-state index < -0.39 is 36.4 Å². The molecule has 43 heavy (non-hydrogen) atoms. The molecule has 0 saturated carbocycles. The summed E-state index contributed by atoms with van der Waals surface area (Å²) in [4.78, 5) is 22.1. The minimum absolute atomic E-state index is 0.409. The predicted octanol–water partition coefficient (Wildman–Crippen LogP) is 6.61. The summed E-state index contributed by atoms with van der Waals surface area (Å²) in [5.41, 5.74) is 5.73. The van der Waals surface area contributed by atoms with E-state index in [-0.39, 0.29) is 0 Å². The fraction of sp³-hybridized carbons (Fsp3) is 0.257. The van der Waals surface area contributed by atoms with E-state index in [1.165, 1.54) is 14.0 Å². The lowest BCUT2D eigenvalue weighted by atomic mass is 10.0. The van der Waals surface area contributed by atoms with Crippen molar-refractivity contribution < 1.29 is 39.1 Å². The zero-order valence-electron chi connectivity index (χ0n) is 24.9. The van der Waals surface area contributed by atoms with Crippen LogP contribution >= 0.6 is 0 Å². The minimum Gasteiger partial charge on any atom is -0.479 e. The maximum absolute atomic E-state index is 11.3. The molecule has 8 nitrogen and oxygen atoms in total. The molecule has 0 aliphatic carbocycles. The molecule has 0 amide bonds. The lowest BCUT2D eigenvalue weighted by Crippen LogP contribution is -2.24. The molecule has 0 spiro atoms. The number of aliphatic hydroxyl groups is 2. The Bertz CT molecular complexity index is 1480. The van der Waals surface area contributed by atoms with Crippen molar-refractivity contribution in [1.29, 1.82) is 0 Å². The van der Waals surface area contributed by atoms with Crippen molar-refractivity contribution in [2.24, 2.45) is 0 Å². The fourth-order valence-electron chi connectivity index (χ4n) is 4.08. The van der Waals surface area contributed by atoms with E-state index in [2.05, 4.69) is 4.74 Å². The van der Waals surface area contributed by atoms with Gasteiger partial charge in [-0.1, -0.05) is 60.7 Å². The number of carbonyl (C=O) groups excluding carboxylic acids is 1. The monoisotopic (exact) mass is 586 g/mol. The Morgan fingerprint density at radius 3 is 1.33 bits per heavy atom. The highest BCUT2D eigenvalue weighted by Gasteiger charge is 2.15. The largest absolute Gasteiger partial charge is 0.479 e. The van der Waals surface area contributed by atoms with Crippen LogP contribution in [0.1, 0.15) is 51.0 Å².